The van der Waals surface area contributed by atoms with Gasteiger partial charge in [0.15, 0.2) is 0 Å². The third kappa shape index (κ3) is 3.75. The molecule has 0 unspecified atom stereocenters. The van der Waals surface area contributed by atoms with Crippen molar-refractivity contribution in [2.75, 3.05) is 24.6 Å². The van der Waals surface area contributed by atoms with Crippen LogP contribution >= 0.6 is 0 Å². The van der Waals surface area contributed by atoms with Crippen molar-refractivity contribution in [3.05, 3.63) is 0 Å². The number of carboxylic acid groups (broad SMARTS) is 1. The third-order valence-corrected chi connectivity index (χ3v) is 6.03. The molecule has 0 atom stereocenters. The summed E-state index contributed by atoms with van der Waals surface area (Å²) in [5.74, 6) is 0.578. The van der Waals surface area contributed by atoms with Gasteiger partial charge in [-0.15, -0.1) is 0 Å². The largest absolute Gasteiger partial charge is 0.480 e. The van der Waals surface area contributed by atoms with Crippen molar-refractivity contribution >= 4 is 22.8 Å². The van der Waals surface area contributed by atoms with E-state index in [0.29, 0.717) is 43.4 Å². The fourth-order valence-corrected chi connectivity index (χ4v) is 4.15. The van der Waals surface area contributed by atoms with Gasteiger partial charge in [0.25, 0.3) is 0 Å². The lowest BCUT2D eigenvalue weighted by molar-refractivity contribution is -0.146. The molecule has 0 aromatic rings. The number of urea groups is 1. The normalized spacial score (nSPS) is 30.9. The van der Waals surface area contributed by atoms with E-state index in [2.05, 4.69) is 12.2 Å². The van der Waals surface area contributed by atoms with Crippen molar-refractivity contribution in [2.24, 2.45) is 5.92 Å². The Hall–Kier alpha value is -1.11. The molecular weight excluding hydrogens is 292 g/mol. The molecule has 2 fully saturated rings. The highest BCUT2D eigenvalue weighted by atomic mass is 32.2. The van der Waals surface area contributed by atoms with Gasteiger partial charge in [-0.1, -0.05) is 13.3 Å². The number of carbonyl (C=O) groups is 2. The summed E-state index contributed by atoms with van der Waals surface area (Å²) in [6.45, 7) is 2.99. The summed E-state index contributed by atoms with van der Waals surface area (Å²) in [5.41, 5.74) is -1.13. The van der Waals surface area contributed by atoms with Gasteiger partial charge in [-0.3, -0.25) is 4.21 Å². The Balaban J connectivity index is 1.98. The molecular formula is C14H24N2O4S. The molecule has 1 aliphatic carbocycles. The highest BCUT2D eigenvalue weighted by Gasteiger charge is 2.43. The Morgan fingerprint density at radius 3 is 2.33 bits per heavy atom. The molecule has 21 heavy (non-hydrogen) atoms. The molecule has 7 heteroatoms. The minimum Gasteiger partial charge on any atom is -0.480 e. The smallest absolute Gasteiger partial charge is 0.329 e. The molecule has 0 aromatic heterocycles. The maximum Gasteiger partial charge on any atom is 0.329 e. The zero-order valence-corrected chi connectivity index (χ0v) is 13.3. The second-order valence-electron chi connectivity index (χ2n) is 6.00. The maximum absolute atomic E-state index is 12.3. The standard InChI is InChI=1S/C14H24N2O4S/c1-2-11-3-5-14(6-4-11,12(17)18)15-13(19)16-7-9-21(20)10-8-16/h11H,2-10H2,1H3,(H,15,19)(H,17,18). The molecule has 0 aromatic carbocycles. The lowest BCUT2D eigenvalue weighted by atomic mass is 9.75. The second kappa shape index (κ2) is 6.77. The van der Waals surface area contributed by atoms with Gasteiger partial charge in [-0.25, -0.2) is 9.59 Å². The molecule has 1 heterocycles. The Bertz CT molecular complexity index is 423. The van der Waals surface area contributed by atoms with Gasteiger partial charge < -0.3 is 15.3 Å². The first-order valence-corrected chi connectivity index (χ1v) is 9.11. The van der Waals surface area contributed by atoms with Crippen molar-refractivity contribution in [2.45, 2.75) is 44.6 Å². The van der Waals surface area contributed by atoms with Crippen molar-refractivity contribution in [3.63, 3.8) is 0 Å². The number of carboxylic acids is 1. The molecule has 6 nitrogen and oxygen atoms in total. The van der Waals surface area contributed by atoms with Crippen LogP contribution in [-0.4, -0.2) is 56.3 Å². The van der Waals surface area contributed by atoms with Gasteiger partial charge in [0.2, 0.25) is 0 Å². The molecule has 2 rings (SSSR count). The molecule has 0 bridgehead atoms. The maximum atomic E-state index is 12.3. The first kappa shape index (κ1) is 16.3. The molecule has 1 aliphatic heterocycles. The Morgan fingerprint density at radius 1 is 1.29 bits per heavy atom. The Labute approximate surface area is 127 Å². The summed E-state index contributed by atoms with van der Waals surface area (Å²) < 4.78 is 11.3. The van der Waals surface area contributed by atoms with E-state index in [4.69, 9.17) is 0 Å². The highest BCUT2D eigenvalue weighted by Crippen LogP contribution is 2.34. The first-order valence-electron chi connectivity index (χ1n) is 7.62. The number of carbonyl (C=O) groups excluding carboxylic acids is 1. The van der Waals surface area contributed by atoms with Gasteiger partial charge >= 0.3 is 12.0 Å². The average molecular weight is 316 g/mol. The quantitative estimate of drug-likeness (QED) is 0.818. The summed E-state index contributed by atoms with van der Waals surface area (Å²) in [7, 11) is -0.847. The Morgan fingerprint density at radius 2 is 1.86 bits per heavy atom. The fraction of sp³-hybridized carbons (Fsp3) is 0.857. The van der Waals surface area contributed by atoms with E-state index in [1.165, 1.54) is 0 Å². The number of aliphatic carboxylic acids is 1. The summed E-state index contributed by atoms with van der Waals surface area (Å²) in [6, 6.07) is -0.330. The molecule has 1 saturated carbocycles. The predicted octanol–water partition coefficient (Wildman–Crippen LogP) is 1.18. The van der Waals surface area contributed by atoms with E-state index in [-0.39, 0.29) is 6.03 Å². The van der Waals surface area contributed by atoms with Crippen molar-refractivity contribution in [1.82, 2.24) is 10.2 Å². The van der Waals surface area contributed by atoms with Crippen LogP contribution in [0.4, 0.5) is 4.79 Å². The second-order valence-corrected chi connectivity index (χ2v) is 7.70. The molecule has 120 valence electrons. The first-order chi connectivity index (χ1) is 9.97. The number of hydrogen-bond donors (Lipinski definition) is 2. The molecule has 0 spiro atoms. The lowest BCUT2D eigenvalue weighted by Gasteiger charge is -2.39. The average Bonchev–Trinajstić information content (AvgIpc) is 2.48. The van der Waals surface area contributed by atoms with Crippen LogP contribution in [0.5, 0.6) is 0 Å². The zero-order chi connectivity index (χ0) is 15.5. The van der Waals surface area contributed by atoms with Crippen LogP contribution in [0.25, 0.3) is 0 Å². The minimum absolute atomic E-state index is 0.330. The van der Waals surface area contributed by atoms with Crippen molar-refractivity contribution in [1.29, 1.82) is 0 Å². The summed E-state index contributed by atoms with van der Waals surface area (Å²) in [4.78, 5) is 25.5. The monoisotopic (exact) mass is 316 g/mol. The van der Waals surface area contributed by atoms with E-state index in [1.54, 1.807) is 4.90 Å². The Kier molecular flexibility index (Phi) is 5.24. The van der Waals surface area contributed by atoms with Crippen LogP contribution in [0.15, 0.2) is 0 Å². The lowest BCUT2D eigenvalue weighted by Crippen LogP contribution is -2.60. The van der Waals surface area contributed by atoms with Crippen LogP contribution in [0.1, 0.15) is 39.0 Å². The van der Waals surface area contributed by atoms with Crippen LogP contribution in [0.2, 0.25) is 0 Å². The molecule has 0 radical (unpaired) electrons. The SMILES string of the molecule is CCC1CCC(NC(=O)N2CCS(=O)CC2)(C(=O)O)CC1. The fourth-order valence-electron chi connectivity index (χ4n) is 3.10. The van der Waals surface area contributed by atoms with Gasteiger partial charge in [0, 0.05) is 35.4 Å². The number of nitrogens with one attached hydrogen (secondary N) is 1. The molecule has 1 saturated heterocycles. The topological polar surface area (TPSA) is 86.7 Å². The van der Waals surface area contributed by atoms with E-state index < -0.39 is 22.3 Å². The third-order valence-electron chi connectivity index (χ3n) is 4.76. The summed E-state index contributed by atoms with van der Waals surface area (Å²) >= 11 is 0. The summed E-state index contributed by atoms with van der Waals surface area (Å²) in [6.07, 6.45) is 3.72. The number of nitrogens with zero attached hydrogens (tertiary/aromatic N) is 1. The van der Waals surface area contributed by atoms with Crippen LogP contribution in [0.3, 0.4) is 0 Å². The van der Waals surface area contributed by atoms with Gasteiger partial charge in [-0.2, -0.15) is 0 Å². The highest BCUT2D eigenvalue weighted by molar-refractivity contribution is 7.85. The van der Waals surface area contributed by atoms with E-state index in [1.807, 2.05) is 0 Å². The van der Waals surface area contributed by atoms with E-state index in [0.717, 1.165) is 19.3 Å². The number of hydrogen-bond acceptors (Lipinski definition) is 3. The molecule has 2 amide bonds. The predicted molar refractivity (Wildman–Crippen MR) is 80.6 cm³/mol. The molecule has 2 N–H and O–H groups in total. The van der Waals surface area contributed by atoms with Gasteiger partial charge in [-0.05, 0) is 31.6 Å². The van der Waals surface area contributed by atoms with Gasteiger partial charge in [0.1, 0.15) is 5.54 Å². The van der Waals surface area contributed by atoms with Crippen LogP contribution in [-0.2, 0) is 15.6 Å². The number of rotatable bonds is 3. The van der Waals surface area contributed by atoms with E-state index in [9.17, 15) is 18.9 Å². The van der Waals surface area contributed by atoms with E-state index >= 15 is 0 Å². The van der Waals surface area contributed by atoms with Crippen LogP contribution < -0.4 is 5.32 Å². The van der Waals surface area contributed by atoms with Crippen molar-refractivity contribution < 1.29 is 18.9 Å². The van der Waals surface area contributed by atoms with Gasteiger partial charge in [0.05, 0.1) is 0 Å². The van der Waals surface area contributed by atoms with Crippen molar-refractivity contribution in [3.8, 4) is 0 Å². The molecule has 2 aliphatic rings. The number of amides is 2. The zero-order valence-electron chi connectivity index (χ0n) is 12.5. The minimum atomic E-state index is -1.13. The summed E-state index contributed by atoms with van der Waals surface area (Å²) in [5, 5.41) is 12.3. The van der Waals surface area contributed by atoms with Crippen LogP contribution in [0, 0.1) is 5.92 Å².